The molecule has 0 atom stereocenters. The van der Waals surface area contributed by atoms with Crippen molar-refractivity contribution >= 4 is 21.7 Å². The molecular weight excluding hydrogens is 244 g/mol. The number of fused-ring (bicyclic) bond motifs is 2. The van der Waals surface area contributed by atoms with Gasteiger partial charge in [-0.2, -0.15) is 5.10 Å². The number of aromatic nitrogens is 2. The standard InChI is InChI=1S/C18H14N2/c1-2-6-16-11-14(9-10-15(16)5-1)13-20-18-8-4-3-7-17(18)12-19-20/h1-12H,13H2. The lowest BCUT2D eigenvalue weighted by Crippen LogP contribution is -2.01. The predicted octanol–water partition coefficient (Wildman–Crippen LogP) is 4.24. The van der Waals surface area contributed by atoms with E-state index in [9.17, 15) is 0 Å². The molecule has 0 unspecified atom stereocenters. The number of rotatable bonds is 2. The van der Waals surface area contributed by atoms with Gasteiger partial charge in [-0.15, -0.1) is 0 Å². The Labute approximate surface area is 117 Å². The number of benzene rings is 3. The van der Waals surface area contributed by atoms with Crippen molar-refractivity contribution in [3.05, 3.63) is 78.5 Å². The van der Waals surface area contributed by atoms with E-state index in [2.05, 4.69) is 70.4 Å². The molecule has 4 rings (SSSR count). The molecular formula is C18H14N2. The molecule has 1 aromatic heterocycles. The van der Waals surface area contributed by atoms with E-state index in [4.69, 9.17) is 0 Å². The maximum absolute atomic E-state index is 4.49. The molecule has 96 valence electrons. The Morgan fingerprint density at radius 3 is 2.40 bits per heavy atom. The van der Waals surface area contributed by atoms with Crippen LogP contribution < -0.4 is 0 Å². The van der Waals surface area contributed by atoms with Crippen LogP contribution in [0.3, 0.4) is 0 Å². The summed E-state index contributed by atoms with van der Waals surface area (Å²) < 4.78 is 2.06. The minimum Gasteiger partial charge on any atom is -0.260 e. The average Bonchev–Trinajstić information content (AvgIpc) is 2.91. The SMILES string of the molecule is c1ccc2cc(Cn3ncc4ccccc43)ccc2c1. The van der Waals surface area contributed by atoms with Crippen LogP contribution in [-0.2, 0) is 6.54 Å². The molecule has 0 radical (unpaired) electrons. The summed E-state index contributed by atoms with van der Waals surface area (Å²) in [6.45, 7) is 0.804. The van der Waals surface area contributed by atoms with E-state index in [1.165, 1.54) is 27.2 Å². The summed E-state index contributed by atoms with van der Waals surface area (Å²) in [5.74, 6) is 0. The molecule has 0 spiro atoms. The minimum absolute atomic E-state index is 0.804. The van der Waals surface area contributed by atoms with Crippen molar-refractivity contribution < 1.29 is 0 Å². The van der Waals surface area contributed by atoms with E-state index >= 15 is 0 Å². The normalized spacial score (nSPS) is 11.2. The molecule has 2 nitrogen and oxygen atoms in total. The maximum atomic E-state index is 4.49. The lowest BCUT2D eigenvalue weighted by Gasteiger charge is -2.05. The van der Waals surface area contributed by atoms with Crippen LogP contribution in [0, 0.1) is 0 Å². The Morgan fingerprint density at radius 2 is 1.50 bits per heavy atom. The first-order chi connectivity index (χ1) is 9.90. The van der Waals surface area contributed by atoms with Gasteiger partial charge in [-0.3, -0.25) is 4.68 Å². The van der Waals surface area contributed by atoms with Gasteiger partial charge >= 0.3 is 0 Å². The second-order valence-corrected chi connectivity index (χ2v) is 5.04. The molecule has 20 heavy (non-hydrogen) atoms. The molecule has 0 aliphatic rings. The summed E-state index contributed by atoms with van der Waals surface area (Å²) in [6.07, 6.45) is 1.93. The molecule has 0 aliphatic carbocycles. The van der Waals surface area contributed by atoms with E-state index in [-0.39, 0.29) is 0 Å². The van der Waals surface area contributed by atoms with Crippen LogP contribution in [0.15, 0.2) is 72.9 Å². The summed E-state index contributed by atoms with van der Waals surface area (Å²) in [5.41, 5.74) is 2.46. The molecule has 3 aromatic carbocycles. The van der Waals surface area contributed by atoms with Gasteiger partial charge in [-0.25, -0.2) is 0 Å². The molecule has 0 fully saturated rings. The first kappa shape index (κ1) is 11.2. The van der Waals surface area contributed by atoms with Gasteiger partial charge < -0.3 is 0 Å². The Hall–Kier alpha value is -2.61. The van der Waals surface area contributed by atoms with Crippen molar-refractivity contribution in [1.29, 1.82) is 0 Å². The number of nitrogens with zero attached hydrogens (tertiary/aromatic N) is 2. The van der Waals surface area contributed by atoms with Crippen LogP contribution in [0.5, 0.6) is 0 Å². The van der Waals surface area contributed by atoms with Crippen LogP contribution in [0.2, 0.25) is 0 Å². The Bertz CT molecular complexity index is 890. The van der Waals surface area contributed by atoms with Crippen molar-refractivity contribution in [2.45, 2.75) is 6.54 Å². The second kappa shape index (κ2) is 4.49. The quantitative estimate of drug-likeness (QED) is 0.526. The number of hydrogen-bond acceptors (Lipinski definition) is 1. The van der Waals surface area contributed by atoms with Crippen molar-refractivity contribution in [2.75, 3.05) is 0 Å². The van der Waals surface area contributed by atoms with E-state index in [0.29, 0.717) is 0 Å². The third kappa shape index (κ3) is 1.86. The van der Waals surface area contributed by atoms with Crippen molar-refractivity contribution in [3.8, 4) is 0 Å². The van der Waals surface area contributed by atoms with Crippen LogP contribution in [0.1, 0.15) is 5.56 Å². The molecule has 1 heterocycles. The maximum Gasteiger partial charge on any atom is 0.0686 e. The van der Waals surface area contributed by atoms with E-state index in [1.54, 1.807) is 0 Å². The highest BCUT2D eigenvalue weighted by Gasteiger charge is 2.03. The first-order valence-electron chi connectivity index (χ1n) is 6.78. The fourth-order valence-corrected chi connectivity index (χ4v) is 2.66. The molecule has 2 heteroatoms. The molecule has 4 aromatic rings. The summed E-state index contributed by atoms with van der Waals surface area (Å²) in [6, 6.07) is 23.4. The van der Waals surface area contributed by atoms with Gasteiger partial charge in [0.25, 0.3) is 0 Å². The van der Waals surface area contributed by atoms with Gasteiger partial charge in [0.1, 0.15) is 0 Å². The van der Waals surface area contributed by atoms with Gasteiger partial charge in [-0.05, 0) is 28.5 Å². The summed E-state index contributed by atoms with van der Waals surface area (Å²) in [5, 5.41) is 8.23. The molecule has 0 amide bonds. The Balaban J connectivity index is 1.76. The lowest BCUT2D eigenvalue weighted by atomic mass is 10.1. The predicted molar refractivity (Wildman–Crippen MR) is 82.8 cm³/mol. The molecule has 0 aliphatic heterocycles. The summed E-state index contributed by atoms with van der Waals surface area (Å²) in [4.78, 5) is 0. The molecule has 0 bridgehead atoms. The lowest BCUT2D eigenvalue weighted by molar-refractivity contribution is 0.713. The highest BCUT2D eigenvalue weighted by Crippen LogP contribution is 2.18. The smallest absolute Gasteiger partial charge is 0.0686 e. The third-order valence-corrected chi connectivity index (χ3v) is 3.70. The molecule has 0 saturated carbocycles. The van der Waals surface area contributed by atoms with Crippen molar-refractivity contribution in [3.63, 3.8) is 0 Å². The Kier molecular flexibility index (Phi) is 2.52. The fourth-order valence-electron chi connectivity index (χ4n) is 2.66. The van der Waals surface area contributed by atoms with E-state index in [1.807, 2.05) is 12.3 Å². The van der Waals surface area contributed by atoms with Gasteiger partial charge in [0, 0.05) is 5.39 Å². The van der Waals surface area contributed by atoms with Gasteiger partial charge in [0.2, 0.25) is 0 Å². The highest BCUT2D eigenvalue weighted by atomic mass is 15.3. The van der Waals surface area contributed by atoms with Crippen molar-refractivity contribution in [2.24, 2.45) is 0 Å². The zero-order valence-electron chi connectivity index (χ0n) is 11.0. The fraction of sp³-hybridized carbons (Fsp3) is 0.0556. The summed E-state index contributed by atoms with van der Waals surface area (Å²) in [7, 11) is 0. The third-order valence-electron chi connectivity index (χ3n) is 3.70. The van der Waals surface area contributed by atoms with E-state index < -0.39 is 0 Å². The first-order valence-corrected chi connectivity index (χ1v) is 6.78. The molecule has 0 saturated heterocycles. The second-order valence-electron chi connectivity index (χ2n) is 5.04. The Morgan fingerprint density at radius 1 is 0.750 bits per heavy atom. The summed E-state index contributed by atoms with van der Waals surface area (Å²) >= 11 is 0. The largest absolute Gasteiger partial charge is 0.260 e. The topological polar surface area (TPSA) is 17.8 Å². The van der Waals surface area contributed by atoms with E-state index in [0.717, 1.165) is 6.54 Å². The van der Waals surface area contributed by atoms with Crippen LogP contribution >= 0.6 is 0 Å². The van der Waals surface area contributed by atoms with Crippen LogP contribution in [-0.4, -0.2) is 9.78 Å². The van der Waals surface area contributed by atoms with Crippen LogP contribution in [0.25, 0.3) is 21.7 Å². The zero-order valence-corrected chi connectivity index (χ0v) is 11.0. The van der Waals surface area contributed by atoms with Crippen molar-refractivity contribution in [1.82, 2.24) is 9.78 Å². The number of para-hydroxylation sites is 1. The monoisotopic (exact) mass is 258 g/mol. The highest BCUT2D eigenvalue weighted by molar-refractivity contribution is 5.83. The molecule has 0 N–H and O–H groups in total. The minimum atomic E-state index is 0.804. The van der Waals surface area contributed by atoms with Crippen LogP contribution in [0.4, 0.5) is 0 Å². The average molecular weight is 258 g/mol. The zero-order chi connectivity index (χ0) is 13.4. The van der Waals surface area contributed by atoms with Gasteiger partial charge in [-0.1, -0.05) is 54.6 Å². The van der Waals surface area contributed by atoms with Gasteiger partial charge in [0.05, 0.1) is 18.3 Å². The van der Waals surface area contributed by atoms with Gasteiger partial charge in [0.15, 0.2) is 0 Å². The number of hydrogen-bond donors (Lipinski definition) is 0.